The molecule has 1 saturated carbocycles. The molecule has 3 atom stereocenters. The van der Waals surface area contributed by atoms with E-state index < -0.39 is 18.2 Å². The van der Waals surface area contributed by atoms with Gasteiger partial charge >= 0.3 is 12.1 Å². The molecule has 4 rings (SSSR count). The van der Waals surface area contributed by atoms with Gasteiger partial charge in [0.25, 0.3) is 0 Å². The molecule has 0 radical (unpaired) electrons. The van der Waals surface area contributed by atoms with E-state index in [1.165, 1.54) is 0 Å². The average molecular weight is 475 g/mol. The van der Waals surface area contributed by atoms with Crippen LogP contribution in [0.4, 0.5) is 4.79 Å². The molecule has 7 nitrogen and oxygen atoms in total. The van der Waals surface area contributed by atoms with Crippen LogP contribution in [0, 0.1) is 11.8 Å². The van der Waals surface area contributed by atoms with Gasteiger partial charge in [0.1, 0.15) is 23.4 Å². The smallest absolute Gasteiger partial charge is 0.410 e. The third-order valence-corrected chi connectivity index (χ3v) is 6.69. The number of benzene rings is 1. The fraction of sp³-hybridized carbons (Fsp3) is 0.409. The normalized spacial score (nSPS) is 25.2. The summed E-state index contributed by atoms with van der Waals surface area (Å²) in [6.07, 6.45) is 2.85. The molecule has 8 heteroatoms. The number of pyridine rings is 1. The summed E-state index contributed by atoms with van der Waals surface area (Å²) >= 11 is 3.50. The number of amides is 1. The molecule has 3 unspecified atom stereocenters. The number of rotatable bonds is 6. The molecule has 158 valence electrons. The number of likely N-dealkylation sites (tertiary alicyclic amines) is 1. The molecule has 1 saturated heterocycles. The van der Waals surface area contributed by atoms with Crippen LogP contribution in [0.25, 0.3) is 0 Å². The van der Waals surface area contributed by atoms with Gasteiger partial charge < -0.3 is 19.5 Å². The molecule has 1 aromatic carbocycles. The van der Waals surface area contributed by atoms with Crippen molar-refractivity contribution < 1.29 is 24.2 Å². The molecule has 0 spiro atoms. The zero-order chi connectivity index (χ0) is 21.1. The fourth-order valence-electron chi connectivity index (χ4n) is 4.72. The number of halogens is 1. The summed E-state index contributed by atoms with van der Waals surface area (Å²) in [6, 6.07) is 13.3. The first-order valence-corrected chi connectivity index (χ1v) is 10.7. The lowest BCUT2D eigenvalue weighted by Gasteiger charge is -2.36. The number of nitrogens with zero attached hydrogens (tertiary/aromatic N) is 2. The largest absolute Gasteiger partial charge is 0.480 e. The van der Waals surface area contributed by atoms with Gasteiger partial charge in [0.2, 0.25) is 0 Å². The van der Waals surface area contributed by atoms with Gasteiger partial charge in [-0.05, 0) is 46.3 Å². The second-order valence-corrected chi connectivity index (χ2v) is 8.52. The van der Waals surface area contributed by atoms with Crippen molar-refractivity contribution in [2.45, 2.75) is 25.0 Å². The van der Waals surface area contributed by atoms with Gasteiger partial charge in [0.05, 0.1) is 0 Å². The van der Waals surface area contributed by atoms with Crippen molar-refractivity contribution in [3.05, 3.63) is 64.4 Å². The van der Waals surface area contributed by atoms with Crippen LogP contribution in [0.5, 0.6) is 0 Å². The second kappa shape index (κ2) is 8.73. The molecule has 2 aromatic rings. The highest BCUT2D eigenvalue weighted by Crippen LogP contribution is 2.54. The minimum atomic E-state index is -1.02. The van der Waals surface area contributed by atoms with Crippen LogP contribution in [0.2, 0.25) is 0 Å². The van der Waals surface area contributed by atoms with Crippen LogP contribution in [-0.4, -0.2) is 46.7 Å². The first-order chi connectivity index (χ1) is 14.5. The van der Waals surface area contributed by atoms with E-state index in [0.717, 1.165) is 17.5 Å². The lowest BCUT2D eigenvalue weighted by molar-refractivity contribution is -0.154. The number of hydrogen-bond donors (Lipinski definition) is 1. The lowest BCUT2D eigenvalue weighted by Crippen LogP contribution is -2.40. The molecule has 2 fully saturated rings. The first kappa shape index (κ1) is 20.8. The van der Waals surface area contributed by atoms with E-state index in [9.17, 15) is 14.7 Å². The molecule has 1 N–H and O–H groups in total. The Morgan fingerprint density at radius 2 is 2.00 bits per heavy atom. The van der Waals surface area contributed by atoms with Crippen LogP contribution in [-0.2, 0) is 26.5 Å². The number of aromatic nitrogens is 1. The Morgan fingerprint density at radius 3 is 2.73 bits per heavy atom. The first-order valence-electron chi connectivity index (χ1n) is 9.92. The molecule has 1 aliphatic carbocycles. The highest BCUT2D eigenvalue weighted by Gasteiger charge is 2.56. The van der Waals surface area contributed by atoms with Gasteiger partial charge in [0.15, 0.2) is 0 Å². The monoisotopic (exact) mass is 474 g/mol. The van der Waals surface area contributed by atoms with E-state index in [2.05, 4.69) is 20.9 Å². The van der Waals surface area contributed by atoms with Crippen molar-refractivity contribution in [3.8, 4) is 0 Å². The topological polar surface area (TPSA) is 89.0 Å². The van der Waals surface area contributed by atoms with Crippen molar-refractivity contribution in [2.75, 3.05) is 19.7 Å². The summed E-state index contributed by atoms with van der Waals surface area (Å²) in [4.78, 5) is 30.0. The number of carbonyl (C=O) groups is 2. The number of carboxylic acid groups (broad SMARTS) is 1. The van der Waals surface area contributed by atoms with Crippen LogP contribution in [0.3, 0.4) is 0 Å². The Morgan fingerprint density at radius 1 is 1.20 bits per heavy atom. The van der Waals surface area contributed by atoms with Crippen molar-refractivity contribution in [2.24, 2.45) is 11.8 Å². The van der Waals surface area contributed by atoms with Gasteiger partial charge in [0, 0.05) is 30.8 Å². The molecular weight excluding hydrogens is 452 g/mol. The third kappa shape index (κ3) is 4.06. The molecule has 2 heterocycles. The van der Waals surface area contributed by atoms with Crippen molar-refractivity contribution in [1.82, 2.24) is 9.88 Å². The van der Waals surface area contributed by atoms with Gasteiger partial charge in [-0.1, -0.05) is 36.4 Å². The van der Waals surface area contributed by atoms with Crippen LogP contribution >= 0.6 is 15.9 Å². The standard InChI is InChI=1S/C22H23BrN2O5/c23-20-17(7-4-10-24-20)22(30-14-19(26)27)9-8-16-11-25(12-18(16)22)21(28)29-13-15-5-2-1-3-6-15/h1-7,10,16,18H,8-9,11-14H2,(H,26,27). The zero-order valence-corrected chi connectivity index (χ0v) is 18.0. The Hall–Kier alpha value is -2.45. The van der Waals surface area contributed by atoms with Crippen molar-refractivity contribution in [1.29, 1.82) is 0 Å². The molecule has 1 aromatic heterocycles. The van der Waals surface area contributed by atoms with E-state index in [1.54, 1.807) is 11.1 Å². The number of fused-ring (bicyclic) bond motifs is 1. The number of carboxylic acids is 1. The Balaban J connectivity index is 1.51. The Labute approximate surface area is 183 Å². The van der Waals surface area contributed by atoms with Crippen molar-refractivity contribution >= 4 is 28.0 Å². The second-order valence-electron chi connectivity index (χ2n) is 7.76. The molecule has 0 bridgehead atoms. The van der Waals surface area contributed by atoms with Crippen molar-refractivity contribution in [3.63, 3.8) is 0 Å². The number of ether oxygens (including phenoxy) is 2. The zero-order valence-electron chi connectivity index (χ0n) is 16.4. The van der Waals surface area contributed by atoms with Gasteiger partial charge in [-0.25, -0.2) is 14.6 Å². The molecule has 30 heavy (non-hydrogen) atoms. The SMILES string of the molecule is O=C(O)COC1(c2cccnc2Br)CCC2CN(C(=O)OCc3ccccc3)CC21. The van der Waals surface area contributed by atoms with E-state index in [-0.39, 0.29) is 24.5 Å². The Kier molecular flexibility index (Phi) is 6.06. The maximum absolute atomic E-state index is 12.7. The quantitative estimate of drug-likeness (QED) is 0.640. The van der Waals surface area contributed by atoms with E-state index >= 15 is 0 Å². The predicted octanol–water partition coefficient (Wildman–Crippen LogP) is 3.82. The average Bonchev–Trinajstić information content (AvgIpc) is 3.32. The van der Waals surface area contributed by atoms with Crippen LogP contribution in [0.1, 0.15) is 24.0 Å². The van der Waals surface area contributed by atoms with Gasteiger partial charge in [-0.3, -0.25) is 0 Å². The van der Waals surface area contributed by atoms with Gasteiger partial charge in [-0.15, -0.1) is 0 Å². The van der Waals surface area contributed by atoms with E-state index in [1.807, 2.05) is 42.5 Å². The number of aliphatic carboxylic acids is 1. The summed E-state index contributed by atoms with van der Waals surface area (Å²) in [7, 11) is 0. The summed E-state index contributed by atoms with van der Waals surface area (Å²) in [5, 5.41) is 9.23. The maximum atomic E-state index is 12.7. The van der Waals surface area contributed by atoms with E-state index in [4.69, 9.17) is 9.47 Å². The summed E-state index contributed by atoms with van der Waals surface area (Å²) in [5.74, 6) is -0.827. The van der Waals surface area contributed by atoms with Crippen LogP contribution < -0.4 is 0 Å². The molecule has 1 amide bonds. The van der Waals surface area contributed by atoms with Crippen LogP contribution in [0.15, 0.2) is 53.3 Å². The summed E-state index contributed by atoms with van der Waals surface area (Å²) in [6.45, 7) is 0.858. The molecule has 2 aliphatic rings. The van der Waals surface area contributed by atoms with Gasteiger partial charge in [-0.2, -0.15) is 0 Å². The van der Waals surface area contributed by atoms with E-state index in [0.29, 0.717) is 24.1 Å². The fourth-order valence-corrected chi connectivity index (χ4v) is 5.31. The molecular formula is C22H23BrN2O5. The molecule has 1 aliphatic heterocycles. The summed E-state index contributed by atoms with van der Waals surface area (Å²) in [5.41, 5.74) is 0.965. The highest BCUT2D eigenvalue weighted by atomic mass is 79.9. The number of hydrogen-bond acceptors (Lipinski definition) is 5. The highest BCUT2D eigenvalue weighted by molar-refractivity contribution is 9.10. The maximum Gasteiger partial charge on any atom is 0.410 e. The predicted molar refractivity (Wildman–Crippen MR) is 112 cm³/mol. The third-order valence-electron chi connectivity index (χ3n) is 6.06. The minimum Gasteiger partial charge on any atom is -0.480 e. The summed E-state index contributed by atoms with van der Waals surface area (Å²) < 4.78 is 12.2. The number of carbonyl (C=O) groups excluding carboxylic acids is 1. The lowest BCUT2D eigenvalue weighted by atomic mass is 9.82. The Bertz CT molecular complexity index is 925. The minimum absolute atomic E-state index is 0.0263.